The van der Waals surface area contributed by atoms with Crippen LogP contribution in [0.1, 0.15) is 17.5 Å². The summed E-state index contributed by atoms with van der Waals surface area (Å²) in [6.45, 7) is 2.04. The van der Waals surface area contributed by atoms with Crippen LogP contribution in [0.4, 0.5) is 0 Å². The van der Waals surface area contributed by atoms with Gasteiger partial charge in [-0.05, 0) is 18.6 Å². The van der Waals surface area contributed by atoms with Gasteiger partial charge in [-0.2, -0.15) is 0 Å². The minimum atomic E-state index is -0.406. The normalized spacial score (nSPS) is 11.1. The second kappa shape index (κ2) is 5.35. The van der Waals surface area contributed by atoms with Crippen LogP contribution in [-0.4, -0.2) is 24.2 Å². The van der Waals surface area contributed by atoms with Crippen LogP contribution < -0.4 is 0 Å². The zero-order valence-corrected chi connectivity index (χ0v) is 10.8. The molecule has 2 aromatic rings. The van der Waals surface area contributed by atoms with Gasteiger partial charge in [-0.15, -0.1) is 11.3 Å². The van der Waals surface area contributed by atoms with Crippen LogP contribution >= 0.6 is 11.3 Å². The zero-order chi connectivity index (χ0) is 12.3. The van der Waals surface area contributed by atoms with Gasteiger partial charge < -0.3 is 9.47 Å². The molecule has 2 aromatic heterocycles. The molecule has 5 heteroatoms. The maximum Gasteiger partial charge on any atom is 0.201 e. The topological polar surface area (TPSA) is 44.2 Å². The molecule has 0 aliphatic heterocycles. The molecule has 0 fully saturated rings. The Bertz CT molecular complexity index is 495. The third-order valence-corrected chi connectivity index (χ3v) is 3.35. The van der Waals surface area contributed by atoms with E-state index in [1.54, 1.807) is 31.8 Å². The minimum absolute atomic E-state index is 0.406. The van der Waals surface area contributed by atoms with Crippen molar-refractivity contribution in [1.82, 2.24) is 9.97 Å². The smallest absolute Gasteiger partial charge is 0.201 e. The number of aryl methyl sites for hydroxylation is 1. The Kier molecular flexibility index (Phi) is 3.83. The van der Waals surface area contributed by atoms with E-state index < -0.39 is 6.29 Å². The predicted octanol–water partition coefficient (Wildman–Crippen LogP) is 2.80. The SMILES string of the molecule is COC(OC)c1csc(-c2cnccc2C)n1. The summed E-state index contributed by atoms with van der Waals surface area (Å²) in [5, 5.41) is 2.88. The predicted molar refractivity (Wildman–Crippen MR) is 66.8 cm³/mol. The van der Waals surface area contributed by atoms with Crippen molar-refractivity contribution < 1.29 is 9.47 Å². The quantitative estimate of drug-likeness (QED) is 0.783. The molecular formula is C12H14N2O2S. The van der Waals surface area contributed by atoms with Crippen LogP contribution in [0.2, 0.25) is 0 Å². The number of aromatic nitrogens is 2. The highest BCUT2D eigenvalue weighted by Gasteiger charge is 2.14. The van der Waals surface area contributed by atoms with Gasteiger partial charge in [0, 0.05) is 37.6 Å². The Morgan fingerprint density at radius 2 is 2.06 bits per heavy atom. The molecule has 90 valence electrons. The summed E-state index contributed by atoms with van der Waals surface area (Å²) in [6.07, 6.45) is 3.20. The van der Waals surface area contributed by atoms with Gasteiger partial charge in [0.2, 0.25) is 6.29 Å². The van der Waals surface area contributed by atoms with Crippen molar-refractivity contribution in [3.8, 4) is 10.6 Å². The third-order valence-electron chi connectivity index (χ3n) is 2.46. The number of pyridine rings is 1. The maximum absolute atomic E-state index is 5.17. The van der Waals surface area contributed by atoms with Gasteiger partial charge in [-0.1, -0.05) is 0 Å². The van der Waals surface area contributed by atoms with Crippen LogP contribution in [0.3, 0.4) is 0 Å². The number of methoxy groups -OCH3 is 2. The van der Waals surface area contributed by atoms with Crippen LogP contribution in [0.5, 0.6) is 0 Å². The molecular weight excluding hydrogens is 236 g/mol. The van der Waals surface area contributed by atoms with E-state index >= 15 is 0 Å². The highest BCUT2D eigenvalue weighted by Crippen LogP contribution is 2.28. The largest absolute Gasteiger partial charge is 0.350 e. The molecule has 0 unspecified atom stereocenters. The van der Waals surface area contributed by atoms with Crippen molar-refractivity contribution in [3.63, 3.8) is 0 Å². The molecule has 0 radical (unpaired) electrons. The molecule has 0 N–H and O–H groups in total. The number of rotatable bonds is 4. The van der Waals surface area contributed by atoms with Gasteiger partial charge in [0.05, 0.1) is 0 Å². The first kappa shape index (κ1) is 12.2. The molecule has 17 heavy (non-hydrogen) atoms. The summed E-state index contributed by atoms with van der Waals surface area (Å²) in [5.74, 6) is 0. The number of nitrogens with zero attached hydrogens (tertiary/aromatic N) is 2. The molecule has 0 bridgehead atoms. The average Bonchev–Trinajstić information content (AvgIpc) is 2.81. The number of ether oxygens (including phenoxy) is 2. The molecule has 0 aliphatic rings. The first-order valence-corrected chi connectivity index (χ1v) is 6.06. The Hall–Kier alpha value is -1.30. The monoisotopic (exact) mass is 250 g/mol. The van der Waals surface area contributed by atoms with E-state index in [2.05, 4.69) is 9.97 Å². The van der Waals surface area contributed by atoms with E-state index in [0.717, 1.165) is 21.8 Å². The Morgan fingerprint density at radius 1 is 1.29 bits per heavy atom. The summed E-state index contributed by atoms with van der Waals surface area (Å²) < 4.78 is 10.3. The van der Waals surface area contributed by atoms with Crippen molar-refractivity contribution >= 4 is 11.3 Å². The lowest BCUT2D eigenvalue weighted by atomic mass is 10.2. The van der Waals surface area contributed by atoms with Crippen molar-refractivity contribution in [2.75, 3.05) is 14.2 Å². The van der Waals surface area contributed by atoms with E-state index in [1.165, 1.54) is 0 Å². The molecule has 0 saturated carbocycles. The lowest BCUT2D eigenvalue weighted by molar-refractivity contribution is -0.108. The molecule has 2 rings (SSSR count). The van der Waals surface area contributed by atoms with E-state index in [0.29, 0.717) is 0 Å². The van der Waals surface area contributed by atoms with Gasteiger partial charge in [-0.25, -0.2) is 4.98 Å². The second-order valence-corrected chi connectivity index (χ2v) is 4.43. The van der Waals surface area contributed by atoms with Crippen molar-refractivity contribution in [2.45, 2.75) is 13.2 Å². The fourth-order valence-electron chi connectivity index (χ4n) is 1.54. The fraction of sp³-hybridized carbons (Fsp3) is 0.333. The number of thiazole rings is 1. The standard InChI is InChI=1S/C12H14N2O2S/c1-8-4-5-13-6-9(8)11-14-10(7-17-11)12(15-2)16-3/h4-7,12H,1-3H3. The number of hydrogen-bond acceptors (Lipinski definition) is 5. The third kappa shape index (κ3) is 2.52. The van der Waals surface area contributed by atoms with Gasteiger partial charge in [0.25, 0.3) is 0 Å². The van der Waals surface area contributed by atoms with Gasteiger partial charge in [0.1, 0.15) is 10.7 Å². The molecule has 0 atom stereocenters. The van der Waals surface area contributed by atoms with Gasteiger partial charge >= 0.3 is 0 Å². The van der Waals surface area contributed by atoms with Crippen LogP contribution in [0, 0.1) is 6.92 Å². The van der Waals surface area contributed by atoms with Crippen LogP contribution in [0.15, 0.2) is 23.8 Å². The first-order valence-electron chi connectivity index (χ1n) is 5.18. The highest BCUT2D eigenvalue weighted by molar-refractivity contribution is 7.13. The lowest BCUT2D eigenvalue weighted by Gasteiger charge is -2.09. The maximum atomic E-state index is 5.17. The van der Waals surface area contributed by atoms with Crippen LogP contribution in [-0.2, 0) is 9.47 Å². The Balaban J connectivity index is 2.33. The first-order chi connectivity index (χ1) is 8.26. The summed E-state index contributed by atoms with van der Waals surface area (Å²) in [7, 11) is 3.20. The molecule has 4 nitrogen and oxygen atoms in total. The van der Waals surface area contributed by atoms with E-state index in [9.17, 15) is 0 Å². The summed E-state index contributed by atoms with van der Waals surface area (Å²) in [6, 6.07) is 1.97. The fourth-order valence-corrected chi connectivity index (χ4v) is 2.44. The lowest BCUT2D eigenvalue weighted by Crippen LogP contribution is -2.03. The zero-order valence-electron chi connectivity index (χ0n) is 10.0. The van der Waals surface area contributed by atoms with E-state index in [1.807, 2.05) is 24.6 Å². The second-order valence-electron chi connectivity index (χ2n) is 3.57. The van der Waals surface area contributed by atoms with Gasteiger partial charge in [0.15, 0.2) is 0 Å². The molecule has 0 spiro atoms. The highest BCUT2D eigenvalue weighted by atomic mass is 32.1. The minimum Gasteiger partial charge on any atom is -0.350 e. The average molecular weight is 250 g/mol. The summed E-state index contributed by atoms with van der Waals surface area (Å²) >= 11 is 1.56. The van der Waals surface area contributed by atoms with Crippen LogP contribution in [0.25, 0.3) is 10.6 Å². The number of hydrogen-bond donors (Lipinski definition) is 0. The summed E-state index contributed by atoms with van der Waals surface area (Å²) in [4.78, 5) is 8.63. The van der Waals surface area contributed by atoms with Gasteiger partial charge in [-0.3, -0.25) is 4.98 Å². The molecule has 0 aliphatic carbocycles. The van der Waals surface area contributed by atoms with Crippen molar-refractivity contribution in [1.29, 1.82) is 0 Å². The molecule has 0 aromatic carbocycles. The molecule has 2 heterocycles. The van der Waals surface area contributed by atoms with Crippen molar-refractivity contribution in [2.24, 2.45) is 0 Å². The van der Waals surface area contributed by atoms with E-state index in [4.69, 9.17) is 9.47 Å². The Labute approximate surface area is 104 Å². The summed E-state index contributed by atoms with van der Waals surface area (Å²) in [5.41, 5.74) is 3.00. The Morgan fingerprint density at radius 3 is 2.71 bits per heavy atom. The molecule has 0 saturated heterocycles. The molecule has 0 amide bonds. The van der Waals surface area contributed by atoms with Crippen molar-refractivity contribution in [3.05, 3.63) is 35.1 Å². The van der Waals surface area contributed by atoms with E-state index in [-0.39, 0.29) is 0 Å².